The molecule has 90 valence electrons. The fourth-order valence-electron chi connectivity index (χ4n) is 1.62. The average Bonchev–Trinajstić information content (AvgIpc) is 2.39. The fraction of sp³-hybridized carbons (Fsp3) is 0.231. The second kappa shape index (κ2) is 5.23. The SMILES string of the molecule is Cc1cc(C#N)nc(NC(C)c2ccncc2)n1. The maximum Gasteiger partial charge on any atom is 0.224 e. The van der Waals surface area contributed by atoms with Crippen molar-refractivity contribution >= 4 is 5.95 Å². The van der Waals surface area contributed by atoms with Crippen LogP contribution in [0.4, 0.5) is 5.95 Å². The number of nitrogens with zero attached hydrogens (tertiary/aromatic N) is 4. The second-order valence-electron chi connectivity index (χ2n) is 3.98. The molecule has 0 aromatic carbocycles. The van der Waals surface area contributed by atoms with Gasteiger partial charge in [0.2, 0.25) is 5.95 Å². The minimum atomic E-state index is 0.0568. The molecular formula is C13H13N5. The number of pyridine rings is 1. The predicted molar refractivity (Wildman–Crippen MR) is 67.8 cm³/mol. The molecule has 0 bridgehead atoms. The van der Waals surface area contributed by atoms with Crippen LogP contribution < -0.4 is 5.32 Å². The summed E-state index contributed by atoms with van der Waals surface area (Å²) in [7, 11) is 0. The molecule has 0 fully saturated rings. The molecule has 1 N–H and O–H groups in total. The maximum atomic E-state index is 8.86. The Morgan fingerprint density at radius 2 is 2.00 bits per heavy atom. The summed E-state index contributed by atoms with van der Waals surface area (Å²) in [5.41, 5.74) is 2.23. The highest BCUT2D eigenvalue weighted by atomic mass is 15.1. The summed E-state index contributed by atoms with van der Waals surface area (Å²) in [6.45, 7) is 3.85. The van der Waals surface area contributed by atoms with E-state index in [1.54, 1.807) is 18.5 Å². The molecule has 0 saturated heterocycles. The van der Waals surface area contributed by atoms with Crippen molar-refractivity contribution in [2.45, 2.75) is 19.9 Å². The van der Waals surface area contributed by atoms with Gasteiger partial charge >= 0.3 is 0 Å². The maximum absolute atomic E-state index is 8.86. The first-order valence-electron chi connectivity index (χ1n) is 5.61. The summed E-state index contributed by atoms with van der Waals surface area (Å²) in [5.74, 6) is 0.468. The minimum Gasteiger partial charge on any atom is -0.348 e. The van der Waals surface area contributed by atoms with E-state index in [2.05, 4.69) is 20.3 Å². The van der Waals surface area contributed by atoms with Crippen molar-refractivity contribution in [2.24, 2.45) is 0 Å². The molecule has 2 heterocycles. The van der Waals surface area contributed by atoms with Gasteiger partial charge in [0.1, 0.15) is 11.8 Å². The Hall–Kier alpha value is -2.48. The lowest BCUT2D eigenvalue weighted by atomic mass is 10.1. The van der Waals surface area contributed by atoms with Gasteiger partial charge in [-0.2, -0.15) is 5.26 Å². The molecule has 5 nitrogen and oxygen atoms in total. The van der Waals surface area contributed by atoms with Crippen LogP contribution in [0.25, 0.3) is 0 Å². The molecule has 2 aromatic rings. The normalized spacial score (nSPS) is 11.6. The average molecular weight is 239 g/mol. The summed E-state index contributed by atoms with van der Waals surface area (Å²) >= 11 is 0. The van der Waals surface area contributed by atoms with Crippen LogP contribution in [-0.4, -0.2) is 15.0 Å². The summed E-state index contributed by atoms with van der Waals surface area (Å²) in [6.07, 6.45) is 3.48. The lowest BCUT2D eigenvalue weighted by Crippen LogP contribution is -2.10. The Kier molecular flexibility index (Phi) is 3.49. The molecule has 0 saturated carbocycles. The topological polar surface area (TPSA) is 74.5 Å². The second-order valence-corrected chi connectivity index (χ2v) is 3.98. The van der Waals surface area contributed by atoms with E-state index in [0.29, 0.717) is 11.6 Å². The van der Waals surface area contributed by atoms with E-state index in [0.717, 1.165) is 11.3 Å². The van der Waals surface area contributed by atoms with Crippen molar-refractivity contribution in [3.05, 3.63) is 47.5 Å². The van der Waals surface area contributed by atoms with Crippen molar-refractivity contribution < 1.29 is 0 Å². The molecule has 0 spiro atoms. The first-order chi connectivity index (χ1) is 8.69. The lowest BCUT2D eigenvalue weighted by molar-refractivity contribution is 0.852. The van der Waals surface area contributed by atoms with E-state index in [1.165, 1.54) is 0 Å². The number of hydrogen-bond donors (Lipinski definition) is 1. The number of hydrogen-bond acceptors (Lipinski definition) is 5. The van der Waals surface area contributed by atoms with Crippen LogP contribution in [0.5, 0.6) is 0 Å². The molecule has 2 rings (SSSR count). The monoisotopic (exact) mass is 239 g/mol. The molecule has 2 aromatic heterocycles. The summed E-state index contributed by atoms with van der Waals surface area (Å²) in [5, 5.41) is 12.0. The van der Waals surface area contributed by atoms with Gasteiger partial charge in [0.05, 0.1) is 6.04 Å². The van der Waals surface area contributed by atoms with Crippen LogP contribution in [0.15, 0.2) is 30.6 Å². The first kappa shape index (κ1) is 12.0. The molecule has 5 heteroatoms. The zero-order chi connectivity index (χ0) is 13.0. The fourth-order valence-corrected chi connectivity index (χ4v) is 1.62. The molecular weight excluding hydrogens is 226 g/mol. The van der Waals surface area contributed by atoms with Crippen molar-refractivity contribution in [3.63, 3.8) is 0 Å². The first-order valence-corrected chi connectivity index (χ1v) is 5.61. The number of aromatic nitrogens is 3. The van der Waals surface area contributed by atoms with E-state index in [9.17, 15) is 0 Å². The summed E-state index contributed by atoms with van der Waals surface area (Å²) in [4.78, 5) is 12.4. The van der Waals surface area contributed by atoms with Crippen LogP contribution in [-0.2, 0) is 0 Å². The van der Waals surface area contributed by atoms with Gasteiger partial charge in [0.25, 0.3) is 0 Å². The van der Waals surface area contributed by atoms with Gasteiger partial charge in [-0.1, -0.05) is 0 Å². The van der Waals surface area contributed by atoms with Gasteiger partial charge in [-0.15, -0.1) is 0 Å². The zero-order valence-corrected chi connectivity index (χ0v) is 10.3. The largest absolute Gasteiger partial charge is 0.348 e. The van der Waals surface area contributed by atoms with E-state index in [1.807, 2.05) is 32.0 Å². The predicted octanol–water partition coefficient (Wildman–Crippen LogP) is 2.22. The van der Waals surface area contributed by atoms with Gasteiger partial charge in [-0.05, 0) is 37.6 Å². The summed E-state index contributed by atoms with van der Waals surface area (Å²) < 4.78 is 0. The van der Waals surface area contributed by atoms with E-state index >= 15 is 0 Å². The Morgan fingerprint density at radius 1 is 1.28 bits per heavy atom. The van der Waals surface area contributed by atoms with E-state index in [4.69, 9.17) is 5.26 Å². The molecule has 0 aliphatic carbocycles. The van der Waals surface area contributed by atoms with Crippen molar-refractivity contribution in [1.29, 1.82) is 5.26 Å². The van der Waals surface area contributed by atoms with Crippen molar-refractivity contribution in [1.82, 2.24) is 15.0 Å². The minimum absolute atomic E-state index is 0.0568. The molecule has 18 heavy (non-hydrogen) atoms. The van der Waals surface area contributed by atoms with Gasteiger partial charge in [0.15, 0.2) is 0 Å². The Morgan fingerprint density at radius 3 is 2.67 bits per heavy atom. The highest BCUT2D eigenvalue weighted by molar-refractivity contribution is 5.35. The number of nitriles is 1. The van der Waals surface area contributed by atoms with Crippen LogP contribution in [0, 0.1) is 18.3 Å². The number of aryl methyl sites for hydroxylation is 1. The van der Waals surface area contributed by atoms with Gasteiger partial charge < -0.3 is 5.32 Å². The molecule has 0 aliphatic rings. The van der Waals surface area contributed by atoms with Crippen molar-refractivity contribution in [2.75, 3.05) is 5.32 Å². The van der Waals surface area contributed by atoms with Gasteiger partial charge in [0, 0.05) is 18.1 Å². The van der Waals surface area contributed by atoms with E-state index in [-0.39, 0.29) is 6.04 Å². The smallest absolute Gasteiger partial charge is 0.224 e. The third kappa shape index (κ3) is 2.80. The van der Waals surface area contributed by atoms with Gasteiger partial charge in [-0.3, -0.25) is 4.98 Å². The van der Waals surface area contributed by atoms with Crippen LogP contribution in [0.3, 0.4) is 0 Å². The Bertz CT molecular complexity index is 574. The molecule has 1 atom stereocenters. The standard InChI is InChI=1S/C13H13N5/c1-9-7-12(8-14)18-13(16-9)17-10(2)11-3-5-15-6-4-11/h3-7,10H,1-2H3,(H,16,17,18). The van der Waals surface area contributed by atoms with Crippen LogP contribution in [0.1, 0.15) is 29.9 Å². The molecule has 0 aliphatic heterocycles. The number of anilines is 1. The van der Waals surface area contributed by atoms with E-state index < -0.39 is 0 Å². The molecule has 0 amide bonds. The molecule has 0 radical (unpaired) electrons. The highest BCUT2D eigenvalue weighted by Crippen LogP contribution is 2.16. The van der Waals surface area contributed by atoms with Crippen LogP contribution in [0.2, 0.25) is 0 Å². The summed E-state index contributed by atoms with van der Waals surface area (Å²) in [6, 6.07) is 7.59. The highest BCUT2D eigenvalue weighted by Gasteiger charge is 2.08. The molecule has 1 unspecified atom stereocenters. The van der Waals surface area contributed by atoms with Crippen molar-refractivity contribution in [3.8, 4) is 6.07 Å². The third-order valence-electron chi connectivity index (χ3n) is 2.52. The number of rotatable bonds is 3. The van der Waals surface area contributed by atoms with Crippen LogP contribution >= 0.6 is 0 Å². The quantitative estimate of drug-likeness (QED) is 0.888. The Labute approximate surface area is 106 Å². The third-order valence-corrected chi connectivity index (χ3v) is 2.52. The zero-order valence-electron chi connectivity index (χ0n) is 10.3. The Balaban J connectivity index is 2.20. The van der Waals surface area contributed by atoms with Gasteiger partial charge in [-0.25, -0.2) is 9.97 Å². The lowest BCUT2D eigenvalue weighted by Gasteiger charge is -2.14. The number of nitrogens with one attached hydrogen (secondary N) is 1.